The zero-order valence-electron chi connectivity index (χ0n) is 16.9. The molecule has 0 aliphatic rings. The summed E-state index contributed by atoms with van der Waals surface area (Å²) >= 11 is 0. The molecule has 0 spiro atoms. The predicted octanol–water partition coefficient (Wildman–Crippen LogP) is 3.74. The van der Waals surface area contributed by atoms with Crippen LogP contribution in [0.25, 0.3) is 22.3 Å². The highest BCUT2D eigenvalue weighted by atomic mass is 19.1. The molecule has 0 aliphatic heterocycles. The van der Waals surface area contributed by atoms with Crippen molar-refractivity contribution < 1.29 is 9.18 Å². The van der Waals surface area contributed by atoms with Crippen LogP contribution in [0.3, 0.4) is 0 Å². The smallest absolute Gasteiger partial charge is 0.251 e. The minimum atomic E-state index is -0.288. The maximum atomic E-state index is 14.0. The number of carbonyl (C=O) groups excluding carboxylic acids is 1. The van der Waals surface area contributed by atoms with Gasteiger partial charge in [0.05, 0.1) is 0 Å². The standard InChI is InChI=1S/C23H25FN4O/c1-15-7-8-17(13-21(15)24)20-12-19(14-27-22(20)25)16-5-4-6-18(11-16)23(29)26-9-10-28(2)3/h4-8,11-14H,9-10H2,1-3H3,(H2,25,27)(H,26,29). The molecule has 150 valence electrons. The summed E-state index contributed by atoms with van der Waals surface area (Å²) in [6.45, 7) is 3.05. The van der Waals surface area contributed by atoms with Gasteiger partial charge in [0.25, 0.3) is 5.91 Å². The lowest BCUT2D eigenvalue weighted by Crippen LogP contribution is -2.31. The van der Waals surface area contributed by atoms with Crippen molar-refractivity contribution >= 4 is 11.7 Å². The van der Waals surface area contributed by atoms with Crippen LogP contribution in [-0.4, -0.2) is 43.0 Å². The predicted molar refractivity (Wildman–Crippen MR) is 115 cm³/mol. The highest BCUT2D eigenvalue weighted by Gasteiger charge is 2.11. The summed E-state index contributed by atoms with van der Waals surface area (Å²) in [5.41, 5.74) is 10.1. The summed E-state index contributed by atoms with van der Waals surface area (Å²) in [6.07, 6.45) is 1.66. The van der Waals surface area contributed by atoms with E-state index in [0.717, 1.165) is 17.7 Å². The number of nitrogens with zero attached hydrogens (tertiary/aromatic N) is 2. The van der Waals surface area contributed by atoms with E-state index in [1.54, 1.807) is 25.3 Å². The number of hydrogen-bond acceptors (Lipinski definition) is 4. The van der Waals surface area contributed by atoms with Crippen LogP contribution in [0.4, 0.5) is 10.2 Å². The lowest BCUT2D eigenvalue weighted by Gasteiger charge is -2.12. The van der Waals surface area contributed by atoms with E-state index < -0.39 is 0 Å². The molecule has 3 N–H and O–H groups in total. The van der Waals surface area contributed by atoms with Crippen LogP contribution < -0.4 is 11.1 Å². The van der Waals surface area contributed by atoms with Crippen molar-refractivity contribution in [1.29, 1.82) is 0 Å². The Morgan fingerprint density at radius 2 is 1.90 bits per heavy atom. The number of halogens is 1. The number of hydrogen-bond donors (Lipinski definition) is 2. The van der Waals surface area contributed by atoms with E-state index in [0.29, 0.717) is 34.6 Å². The van der Waals surface area contributed by atoms with E-state index in [4.69, 9.17) is 5.73 Å². The number of aryl methyl sites for hydroxylation is 1. The van der Waals surface area contributed by atoms with Gasteiger partial charge >= 0.3 is 0 Å². The molecule has 0 radical (unpaired) electrons. The van der Waals surface area contributed by atoms with E-state index >= 15 is 0 Å². The van der Waals surface area contributed by atoms with Crippen molar-refractivity contribution in [3.05, 3.63) is 71.7 Å². The third-order valence-electron chi connectivity index (χ3n) is 4.70. The Labute approximate surface area is 170 Å². The number of benzene rings is 2. The molecule has 1 aromatic heterocycles. The Kier molecular flexibility index (Phi) is 6.24. The first-order chi connectivity index (χ1) is 13.8. The zero-order valence-corrected chi connectivity index (χ0v) is 16.9. The molecule has 2 aromatic carbocycles. The molecule has 0 fully saturated rings. The Balaban J connectivity index is 1.89. The summed E-state index contributed by atoms with van der Waals surface area (Å²) < 4.78 is 14.0. The van der Waals surface area contributed by atoms with Gasteiger partial charge in [0, 0.05) is 36.0 Å². The molecule has 29 heavy (non-hydrogen) atoms. The van der Waals surface area contributed by atoms with Gasteiger partial charge in [0.1, 0.15) is 11.6 Å². The van der Waals surface area contributed by atoms with Gasteiger partial charge in [0.15, 0.2) is 0 Å². The van der Waals surface area contributed by atoms with Gasteiger partial charge in [-0.2, -0.15) is 0 Å². The van der Waals surface area contributed by atoms with Crippen LogP contribution >= 0.6 is 0 Å². The average Bonchev–Trinajstić information content (AvgIpc) is 2.70. The number of rotatable bonds is 6. The van der Waals surface area contributed by atoms with Crippen LogP contribution in [0, 0.1) is 12.7 Å². The topological polar surface area (TPSA) is 71.2 Å². The van der Waals surface area contributed by atoms with Crippen LogP contribution in [0.1, 0.15) is 15.9 Å². The lowest BCUT2D eigenvalue weighted by molar-refractivity contribution is 0.0951. The van der Waals surface area contributed by atoms with Gasteiger partial charge in [-0.05, 0) is 62.0 Å². The molecule has 1 amide bonds. The van der Waals surface area contributed by atoms with Crippen molar-refractivity contribution in [2.75, 3.05) is 32.9 Å². The zero-order chi connectivity index (χ0) is 21.0. The number of amides is 1. The second-order valence-electron chi connectivity index (χ2n) is 7.26. The van der Waals surface area contributed by atoms with Crippen molar-refractivity contribution in [3.8, 4) is 22.3 Å². The summed E-state index contributed by atoms with van der Waals surface area (Å²) in [6, 6.07) is 14.2. The molecule has 0 atom stereocenters. The van der Waals surface area contributed by atoms with Gasteiger partial charge in [0.2, 0.25) is 0 Å². The molecule has 6 heteroatoms. The van der Waals surface area contributed by atoms with Gasteiger partial charge in [-0.15, -0.1) is 0 Å². The van der Waals surface area contributed by atoms with Crippen LogP contribution in [-0.2, 0) is 0 Å². The average molecular weight is 392 g/mol. The normalized spacial score (nSPS) is 10.9. The number of carbonyl (C=O) groups is 1. The van der Waals surface area contributed by atoms with Crippen LogP contribution in [0.5, 0.6) is 0 Å². The van der Waals surface area contributed by atoms with Crippen LogP contribution in [0.15, 0.2) is 54.7 Å². The second kappa shape index (κ2) is 8.84. The molecular formula is C23H25FN4O. The number of nitrogen functional groups attached to an aromatic ring is 1. The van der Waals surface area contributed by atoms with Crippen molar-refractivity contribution in [2.45, 2.75) is 6.92 Å². The Hall–Kier alpha value is -3.25. The molecule has 3 rings (SSSR count). The monoisotopic (exact) mass is 392 g/mol. The summed E-state index contributed by atoms with van der Waals surface area (Å²) in [7, 11) is 3.91. The molecule has 0 saturated heterocycles. The SMILES string of the molecule is Cc1ccc(-c2cc(-c3cccc(C(=O)NCCN(C)C)c3)cnc2N)cc1F. The van der Waals surface area contributed by atoms with Gasteiger partial charge < -0.3 is 16.0 Å². The highest BCUT2D eigenvalue weighted by molar-refractivity contribution is 5.95. The first-order valence-electron chi connectivity index (χ1n) is 9.40. The summed E-state index contributed by atoms with van der Waals surface area (Å²) in [4.78, 5) is 18.7. The number of pyridine rings is 1. The van der Waals surface area contributed by atoms with E-state index in [9.17, 15) is 9.18 Å². The van der Waals surface area contributed by atoms with Crippen molar-refractivity contribution in [2.24, 2.45) is 0 Å². The molecule has 0 unspecified atom stereocenters. The lowest BCUT2D eigenvalue weighted by atomic mass is 9.99. The minimum absolute atomic E-state index is 0.127. The Morgan fingerprint density at radius 1 is 1.10 bits per heavy atom. The number of nitrogens with one attached hydrogen (secondary N) is 1. The summed E-state index contributed by atoms with van der Waals surface area (Å²) in [5.74, 6) is -0.0868. The van der Waals surface area contributed by atoms with Crippen molar-refractivity contribution in [3.63, 3.8) is 0 Å². The minimum Gasteiger partial charge on any atom is -0.383 e. The third-order valence-corrected chi connectivity index (χ3v) is 4.70. The second-order valence-corrected chi connectivity index (χ2v) is 7.26. The van der Waals surface area contributed by atoms with Gasteiger partial charge in [-0.25, -0.2) is 9.37 Å². The molecule has 0 bridgehead atoms. The summed E-state index contributed by atoms with van der Waals surface area (Å²) in [5, 5.41) is 2.91. The maximum Gasteiger partial charge on any atom is 0.251 e. The number of anilines is 1. The van der Waals surface area contributed by atoms with E-state index in [1.807, 2.05) is 49.3 Å². The fourth-order valence-electron chi connectivity index (χ4n) is 2.96. The quantitative estimate of drug-likeness (QED) is 0.670. The molecule has 0 aliphatic carbocycles. The first-order valence-corrected chi connectivity index (χ1v) is 9.40. The molecular weight excluding hydrogens is 367 g/mol. The van der Waals surface area contributed by atoms with Crippen LogP contribution in [0.2, 0.25) is 0 Å². The largest absolute Gasteiger partial charge is 0.383 e. The van der Waals surface area contributed by atoms with Gasteiger partial charge in [-0.3, -0.25) is 4.79 Å². The number of likely N-dealkylation sites (N-methyl/N-ethyl adjacent to an activating group) is 1. The fraction of sp³-hybridized carbons (Fsp3) is 0.217. The fourth-order valence-corrected chi connectivity index (χ4v) is 2.96. The highest BCUT2D eigenvalue weighted by Crippen LogP contribution is 2.30. The molecule has 0 saturated carbocycles. The molecule has 5 nitrogen and oxygen atoms in total. The van der Waals surface area contributed by atoms with E-state index in [2.05, 4.69) is 10.3 Å². The van der Waals surface area contributed by atoms with Gasteiger partial charge in [-0.1, -0.05) is 24.3 Å². The Morgan fingerprint density at radius 3 is 2.62 bits per heavy atom. The molecule has 3 aromatic rings. The van der Waals surface area contributed by atoms with E-state index in [1.165, 1.54) is 6.07 Å². The Bertz CT molecular complexity index is 1030. The molecule has 1 heterocycles. The third kappa shape index (κ3) is 4.97. The van der Waals surface area contributed by atoms with Crippen molar-refractivity contribution in [1.82, 2.24) is 15.2 Å². The van der Waals surface area contributed by atoms with E-state index in [-0.39, 0.29) is 11.7 Å². The first kappa shape index (κ1) is 20.5. The maximum absolute atomic E-state index is 14.0. The number of aromatic nitrogens is 1. The number of nitrogens with two attached hydrogens (primary N) is 1.